The van der Waals surface area contributed by atoms with Gasteiger partial charge in [-0.25, -0.2) is 0 Å². The SMILES string of the molecule is Cc1cncc(O)c1.Oc1ccncc1. The Balaban J connectivity index is 0.000000151. The molecule has 0 amide bonds. The van der Waals surface area contributed by atoms with E-state index in [0.29, 0.717) is 0 Å². The van der Waals surface area contributed by atoms with E-state index in [9.17, 15) is 0 Å². The van der Waals surface area contributed by atoms with Gasteiger partial charge < -0.3 is 10.2 Å². The van der Waals surface area contributed by atoms with E-state index >= 15 is 0 Å². The first-order valence-electron chi connectivity index (χ1n) is 4.38. The smallest absolute Gasteiger partial charge is 0.134 e. The lowest BCUT2D eigenvalue weighted by molar-refractivity contribution is 0.472. The molecule has 0 saturated heterocycles. The second kappa shape index (κ2) is 5.59. The number of pyridine rings is 2. The summed E-state index contributed by atoms with van der Waals surface area (Å²) < 4.78 is 0. The lowest BCUT2D eigenvalue weighted by Gasteiger charge is -1.89. The van der Waals surface area contributed by atoms with Gasteiger partial charge in [-0.05, 0) is 30.7 Å². The van der Waals surface area contributed by atoms with Gasteiger partial charge in [0.15, 0.2) is 0 Å². The topological polar surface area (TPSA) is 66.2 Å². The fourth-order valence-electron chi connectivity index (χ4n) is 0.883. The molecule has 4 nitrogen and oxygen atoms in total. The summed E-state index contributed by atoms with van der Waals surface area (Å²) in [5.41, 5.74) is 0.977. The zero-order chi connectivity index (χ0) is 11.1. The van der Waals surface area contributed by atoms with Gasteiger partial charge in [0.25, 0.3) is 0 Å². The van der Waals surface area contributed by atoms with Crippen LogP contribution in [0.1, 0.15) is 5.56 Å². The Bertz CT molecular complexity index is 387. The largest absolute Gasteiger partial charge is 0.508 e. The minimum absolute atomic E-state index is 0.227. The van der Waals surface area contributed by atoms with Crippen molar-refractivity contribution in [3.63, 3.8) is 0 Å². The van der Waals surface area contributed by atoms with Gasteiger partial charge in [0.05, 0.1) is 6.20 Å². The maximum Gasteiger partial charge on any atom is 0.134 e. The molecule has 78 valence electrons. The highest BCUT2D eigenvalue weighted by atomic mass is 16.3. The second-order valence-electron chi connectivity index (χ2n) is 2.93. The van der Waals surface area contributed by atoms with Crippen LogP contribution in [0, 0.1) is 6.92 Å². The van der Waals surface area contributed by atoms with Crippen LogP contribution in [0.3, 0.4) is 0 Å². The van der Waals surface area contributed by atoms with Crippen LogP contribution in [-0.2, 0) is 0 Å². The molecule has 0 atom stereocenters. The van der Waals surface area contributed by atoms with Crippen LogP contribution in [-0.4, -0.2) is 20.2 Å². The number of aryl methyl sites for hydroxylation is 1. The molecule has 15 heavy (non-hydrogen) atoms. The van der Waals surface area contributed by atoms with Gasteiger partial charge in [0.1, 0.15) is 11.5 Å². The minimum Gasteiger partial charge on any atom is -0.508 e. The van der Waals surface area contributed by atoms with Crippen molar-refractivity contribution in [3.8, 4) is 11.5 Å². The van der Waals surface area contributed by atoms with Crippen molar-refractivity contribution in [3.05, 3.63) is 48.5 Å². The molecule has 0 radical (unpaired) electrons. The van der Waals surface area contributed by atoms with Crippen molar-refractivity contribution in [2.75, 3.05) is 0 Å². The molecule has 2 rings (SSSR count). The fraction of sp³-hybridized carbons (Fsp3) is 0.0909. The van der Waals surface area contributed by atoms with Crippen molar-refractivity contribution in [1.82, 2.24) is 9.97 Å². The summed E-state index contributed by atoms with van der Waals surface area (Å²) in [6.45, 7) is 1.88. The monoisotopic (exact) mass is 204 g/mol. The lowest BCUT2D eigenvalue weighted by Crippen LogP contribution is -1.72. The van der Waals surface area contributed by atoms with Crippen LogP contribution in [0.15, 0.2) is 43.0 Å². The highest BCUT2D eigenvalue weighted by Crippen LogP contribution is 2.05. The van der Waals surface area contributed by atoms with E-state index in [0.717, 1.165) is 5.56 Å². The molecule has 0 aliphatic heterocycles. The van der Waals surface area contributed by atoms with E-state index in [1.165, 1.54) is 30.7 Å². The molecule has 0 spiro atoms. The van der Waals surface area contributed by atoms with E-state index in [1.54, 1.807) is 12.3 Å². The summed E-state index contributed by atoms with van der Waals surface area (Å²) in [6.07, 6.45) is 6.18. The van der Waals surface area contributed by atoms with Crippen molar-refractivity contribution < 1.29 is 10.2 Å². The first-order chi connectivity index (χ1) is 7.18. The molecular weight excluding hydrogens is 192 g/mol. The average molecular weight is 204 g/mol. The Morgan fingerprint density at radius 1 is 0.933 bits per heavy atom. The highest BCUT2D eigenvalue weighted by molar-refractivity contribution is 5.20. The Morgan fingerprint density at radius 3 is 1.93 bits per heavy atom. The molecule has 0 aromatic carbocycles. The summed E-state index contributed by atoms with van der Waals surface area (Å²) in [6, 6.07) is 4.72. The molecule has 0 aliphatic rings. The number of rotatable bonds is 0. The molecule has 2 aromatic heterocycles. The van der Waals surface area contributed by atoms with Crippen molar-refractivity contribution in [2.24, 2.45) is 0 Å². The standard InChI is InChI=1S/C6H7NO.C5H5NO/c1-5-2-6(8)4-7-3-5;7-5-1-3-6-4-2-5/h2-4,8H,1H3;1-4H,(H,6,7). The van der Waals surface area contributed by atoms with Crippen molar-refractivity contribution >= 4 is 0 Å². The minimum atomic E-state index is 0.227. The number of nitrogens with zero attached hydrogens (tertiary/aromatic N) is 2. The van der Waals surface area contributed by atoms with Gasteiger partial charge in [0, 0.05) is 18.6 Å². The van der Waals surface area contributed by atoms with Crippen molar-refractivity contribution in [2.45, 2.75) is 6.92 Å². The normalized spacial score (nSPS) is 8.87. The predicted octanol–water partition coefficient (Wildman–Crippen LogP) is 1.88. The summed E-state index contributed by atoms with van der Waals surface area (Å²) in [5, 5.41) is 17.3. The van der Waals surface area contributed by atoms with E-state index in [1.807, 2.05) is 6.92 Å². The van der Waals surface area contributed by atoms with Gasteiger partial charge in [0.2, 0.25) is 0 Å². The van der Waals surface area contributed by atoms with Crippen LogP contribution in [0.25, 0.3) is 0 Å². The van der Waals surface area contributed by atoms with Crippen LogP contribution in [0.2, 0.25) is 0 Å². The van der Waals surface area contributed by atoms with E-state index in [4.69, 9.17) is 10.2 Å². The molecule has 2 N–H and O–H groups in total. The third-order valence-electron chi connectivity index (χ3n) is 1.52. The zero-order valence-corrected chi connectivity index (χ0v) is 8.33. The van der Waals surface area contributed by atoms with Crippen molar-refractivity contribution in [1.29, 1.82) is 0 Å². The van der Waals surface area contributed by atoms with Gasteiger partial charge in [-0.3, -0.25) is 9.97 Å². The number of hydrogen-bond acceptors (Lipinski definition) is 4. The summed E-state index contributed by atoms with van der Waals surface area (Å²) in [7, 11) is 0. The van der Waals surface area contributed by atoms with E-state index in [-0.39, 0.29) is 11.5 Å². The summed E-state index contributed by atoms with van der Waals surface area (Å²) in [4.78, 5) is 7.42. The molecule has 0 saturated carbocycles. The molecule has 0 aliphatic carbocycles. The van der Waals surface area contributed by atoms with E-state index < -0.39 is 0 Å². The number of hydrogen-bond donors (Lipinski definition) is 2. The molecule has 0 bridgehead atoms. The molecule has 2 aromatic rings. The highest BCUT2D eigenvalue weighted by Gasteiger charge is 1.84. The van der Waals surface area contributed by atoms with Gasteiger partial charge in [-0.15, -0.1) is 0 Å². The summed E-state index contributed by atoms with van der Waals surface area (Å²) >= 11 is 0. The lowest BCUT2D eigenvalue weighted by atomic mass is 10.3. The first kappa shape index (κ1) is 11.0. The Labute approximate surface area is 87.9 Å². The van der Waals surface area contributed by atoms with Crippen LogP contribution in [0.5, 0.6) is 11.5 Å². The van der Waals surface area contributed by atoms with Crippen LogP contribution in [0.4, 0.5) is 0 Å². The zero-order valence-electron chi connectivity index (χ0n) is 8.33. The third-order valence-corrected chi connectivity index (χ3v) is 1.52. The molecule has 4 heteroatoms. The van der Waals surface area contributed by atoms with Gasteiger partial charge >= 0.3 is 0 Å². The molecule has 0 fully saturated rings. The Morgan fingerprint density at radius 2 is 1.60 bits per heavy atom. The number of aromatic hydroxyl groups is 2. The average Bonchev–Trinajstić information content (AvgIpc) is 2.19. The molecule has 0 unspecified atom stereocenters. The van der Waals surface area contributed by atoms with E-state index in [2.05, 4.69) is 9.97 Å². The molecular formula is C11H12N2O2. The Hall–Kier alpha value is -2.10. The van der Waals surface area contributed by atoms with Crippen LogP contribution >= 0.6 is 0 Å². The third kappa shape index (κ3) is 4.61. The van der Waals surface area contributed by atoms with Gasteiger partial charge in [-0.2, -0.15) is 0 Å². The summed E-state index contributed by atoms with van der Waals surface area (Å²) in [5.74, 6) is 0.486. The maximum atomic E-state index is 8.75. The predicted molar refractivity (Wildman–Crippen MR) is 56.5 cm³/mol. The maximum absolute atomic E-state index is 8.75. The molecule has 2 heterocycles. The number of aromatic nitrogens is 2. The quantitative estimate of drug-likeness (QED) is 0.687. The second-order valence-corrected chi connectivity index (χ2v) is 2.93. The Kier molecular flexibility index (Phi) is 4.09. The van der Waals surface area contributed by atoms with Crippen LogP contribution < -0.4 is 0 Å². The fourth-order valence-corrected chi connectivity index (χ4v) is 0.883. The first-order valence-corrected chi connectivity index (χ1v) is 4.38. The van der Waals surface area contributed by atoms with Gasteiger partial charge in [-0.1, -0.05) is 0 Å².